The first-order chi connectivity index (χ1) is 14.4. The number of amides is 2. The molecule has 0 saturated heterocycles. The quantitative estimate of drug-likeness (QED) is 0.644. The summed E-state index contributed by atoms with van der Waals surface area (Å²) in [6, 6.07) is 3.75. The van der Waals surface area contributed by atoms with E-state index in [9.17, 15) is 9.59 Å². The number of pyridine rings is 1. The van der Waals surface area contributed by atoms with Gasteiger partial charge in [-0.05, 0) is 25.0 Å². The molecule has 2 N–H and O–H groups in total. The molecule has 1 saturated carbocycles. The van der Waals surface area contributed by atoms with Crippen LogP contribution in [0.15, 0.2) is 37.1 Å². The average molecular weight is 406 g/mol. The Hall–Kier alpha value is -3.82. The van der Waals surface area contributed by atoms with Gasteiger partial charge in [-0.15, -0.1) is 0 Å². The Kier molecular flexibility index (Phi) is 5.13. The third kappa shape index (κ3) is 4.12. The van der Waals surface area contributed by atoms with E-state index in [-0.39, 0.29) is 17.3 Å². The molecule has 1 fully saturated rings. The average Bonchev–Trinajstić information content (AvgIpc) is 3.51. The van der Waals surface area contributed by atoms with E-state index in [0.717, 1.165) is 18.5 Å². The molecule has 0 bridgehead atoms. The Labute approximate surface area is 173 Å². The lowest BCUT2D eigenvalue weighted by atomic mass is 10.2. The van der Waals surface area contributed by atoms with Crippen molar-refractivity contribution in [2.45, 2.75) is 18.8 Å². The standard InChI is InChI=1S/C20H22N8O2/c1-27(2)20(30)18-16(10-28(3)26-18)25-19(29)17-15(23-13-8-21-11-22-9-13)7-6-14(24-17)12-4-5-12/h6-12,23H,4-5H2,1-3H3,(H,25,29). The highest BCUT2D eigenvalue weighted by atomic mass is 16.2. The van der Waals surface area contributed by atoms with Gasteiger partial charge in [-0.25, -0.2) is 15.0 Å². The minimum atomic E-state index is -0.433. The molecule has 3 heterocycles. The molecular weight excluding hydrogens is 384 g/mol. The zero-order valence-electron chi connectivity index (χ0n) is 17.0. The predicted octanol–water partition coefficient (Wildman–Crippen LogP) is 2.18. The van der Waals surface area contributed by atoms with Crippen LogP contribution in [-0.2, 0) is 7.05 Å². The van der Waals surface area contributed by atoms with Crippen molar-refractivity contribution >= 4 is 28.9 Å². The van der Waals surface area contributed by atoms with Crippen LogP contribution in [0, 0.1) is 0 Å². The van der Waals surface area contributed by atoms with Gasteiger partial charge in [0.15, 0.2) is 11.4 Å². The maximum Gasteiger partial charge on any atom is 0.276 e. The van der Waals surface area contributed by atoms with Crippen molar-refractivity contribution in [2.24, 2.45) is 7.05 Å². The number of aromatic nitrogens is 5. The van der Waals surface area contributed by atoms with Crippen LogP contribution in [0.4, 0.5) is 17.1 Å². The minimum absolute atomic E-state index is 0.167. The van der Waals surface area contributed by atoms with Crippen LogP contribution in [0.1, 0.15) is 45.4 Å². The van der Waals surface area contributed by atoms with E-state index in [1.165, 1.54) is 15.9 Å². The molecule has 10 nitrogen and oxygen atoms in total. The number of rotatable bonds is 6. The van der Waals surface area contributed by atoms with Gasteiger partial charge in [0.1, 0.15) is 6.33 Å². The molecule has 3 aromatic heterocycles. The minimum Gasteiger partial charge on any atom is -0.351 e. The van der Waals surface area contributed by atoms with Crippen molar-refractivity contribution in [3.8, 4) is 0 Å². The summed E-state index contributed by atoms with van der Waals surface area (Å²) in [5.41, 5.74) is 2.77. The number of nitrogens with one attached hydrogen (secondary N) is 2. The summed E-state index contributed by atoms with van der Waals surface area (Å²) in [7, 11) is 4.96. The smallest absolute Gasteiger partial charge is 0.276 e. The Bertz CT molecular complexity index is 1090. The van der Waals surface area contributed by atoms with Crippen LogP contribution >= 0.6 is 0 Å². The van der Waals surface area contributed by atoms with E-state index in [0.29, 0.717) is 23.0 Å². The maximum atomic E-state index is 13.2. The van der Waals surface area contributed by atoms with Gasteiger partial charge >= 0.3 is 0 Å². The molecule has 10 heteroatoms. The topological polar surface area (TPSA) is 118 Å². The monoisotopic (exact) mass is 406 g/mol. The lowest BCUT2D eigenvalue weighted by molar-refractivity contribution is 0.0822. The summed E-state index contributed by atoms with van der Waals surface area (Å²) in [5, 5.41) is 10.1. The number of hydrogen-bond acceptors (Lipinski definition) is 7. The van der Waals surface area contributed by atoms with E-state index in [4.69, 9.17) is 0 Å². The summed E-state index contributed by atoms with van der Waals surface area (Å²) >= 11 is 0. The van der Waals surface area contributed by atoms with Crippen LogP contribution in [0.3, 0.4) is 0 Å². The van der Waals surface area contributed by atoms with Crippen molar-refractivity contribution in [2.75, 3.05) is 24.7 Å². The molecule has 4 rings (SSSR count). The van der Waals surface area contributed by atoms with Crippen molar-refractivity contribution in [3.05, 3.63) is 54.1 Å². The van der Waals surface area contributed by atoms with E-state index >= 15 is 0 Å². The molecule has 3 aromatic rings. The van der Waals surface area contributed by atoms with Gasteiger partial charge in [-0.2, -0.15) is 5.10 Å². The zero-order valence-corrected chi connectivity index (χ0v) is 17.0. The molecule has 30 heavy (non-hydrogen) atoms. The third-order valence-corrected chi connectivity index (χ3v) is 4.65. The van der Waals surface area contributed by atoms with Crippen LogP contribution in [0.2, 0.25) is 0 Å². The number of nitrogens with zero attached hydrogens (tertiary/aromatic N) is 6. The van der Waals surface area contributed by atoms with Gasteiger partial charge in [0.2, 0.25) is 0 Å². The van der Waals surface area contributed by atoms with Crippen LogP contribution in [0.5, 0.6) is 0 Å². The number of anilines is 3. The fourth-order valence-electron chi connectivity index (χ4n) is 3.01. The second kappa shape index (κ2) is 7.90. The lowest BCUT2D eigenvalue weighted by Crippen LogP contribution is -2.24. The molecule has 0 radical (unpaired) electrons. The molecule has 1 aliphatic rings. The number of carbonyl (C=O) groups is 2. The normalized spacial score (nSPS) is 13.0. The summed E-state index contributed by atoms with van der Waals surface area (Å²) in [4.78, 5) is 39.6. The van der Waals surface area contributed by atoms with E-state index in [1.54, 1.807) is 39.7 Å². The number of hydrogen-bond donors (Lipinski definition) is 2. The molecular formula is C20H22N8O2. The van der Waals surface area contributed by atoms with Crippen LogP contribution in [-0.4, -0.2) is 55.5 Å². The van der Waals surface area contributed by atoms with Crippen LogP contribution < -0.4 is 10.6 Å². The van der Waals surface area contributed by atoms with Gasteiger partial charge < -0.3 is 15.5 Å². The van der Waals surface area contributed by atoms with Crippen molar-refractivity contribution in [1.82, 2.24) is 29.6 Å². The molecule has 154 valence electrons. The second-order valence-corrected chi connectivity index (χ2v) is 7.38. The van der Waals surface area contributed by atoms with E-state index in [1.807, 2.05) is 12.1 Å². The first kappa shape index (κ1) is 19.5. The highest BCUT2D eigenvalue weighted by Gasteiger charge is 2.28. The first-order valence-electron chi connectivity index (χ1n) is 9.52. The van der Waals surface area contributed by atoms with Gasteiger partial charge in [-0.3, -0.25) is 14.3 Å². The molecule has 0 unspecified atom stereocenters. The Morgan fingerprint density at radius 1 is 1.10 bits per heavy atom. The summed E-state index contributed by atoms with van der Waals surface area (Å²) in [5.74, 6) is -0.349. The molecule has 1 aliphatic carbocycles. The molecule has 0 atom stereocenters. The molecule has 0 spiro atoms. The van der Waals surface area contributed by atoms with Gasteiger partial charge in [-0.1, -0.05) is 0 Å². The van der Waals surface area contributed by atoms with Crippen molar-refractivity contribution < 1.29 is 9.59 Å². The van der Waals surface area contributed by atoms with Crippen LogP contribution in [0.25, 0.3) is 0 Å². The lowest BCUT2D eigenvalue weighted by Gasteiger charge is -2.13. The largest absolute Gasteiger partial charge is 0.351 e. The fraction of sp³-hybridized carbons (Fsp3) is 0.300. The summed E-state index contributed by atoms with van der Waals surface area (Å²) < 4.78 is 1.49. The van der Waals surface area contributed by atoms with Gasteiger partial charge in [0.25, 0.3) is 11.8 Å². The molecule has 0 aliphatic heterocycles. The Balaban J connectivity index is 1.66. The predicted molar refractivity (Wildman–Crippen MR) is 111 cm³/mol. The van der Waals surface area contributed by atoms with E-state index in [2.05, 4.69) is 30.7 Å². The first-order valence-corrected chi connectivity index (χ1v) is 9.52. The summed E-state index contributed by atoms with van der Waals surface area (Å²) in [6.07, 6.45) is 8.38. The number of aryl methyl sites for hydroxylation is 1. The Morgan fingerprint density at radius 3 is 2.50 bits per heavy atom. The Morgan fingerprint density at radius 2 is 1.83 bits per heavy atom. The summed E-state index contributed by atoms with van der Waals surface area (Å²) in [6.45, 7) is 0. The SMILES string of the molecule is CN(C)C(=O)c1nn(C)cc1NC(=O)c1nc(C2CC2)ccc1Nc1cncnc1. The fourth-order valence-corrected chi connectivity index (χ4v) is 3.01. The second-order valence-electron chi connectivity index (χ2n) is 7.38. The van der Waals surface area contributed by atoms with Gasteiger partial charge in [0.05, 0.1) is 29.5 Å². The highest BCUT2D eigenvalue weighted by molar-refractivity contribution is 6.10. The third-order valence-electron chi connectivity index (χ3n) is 4.65. The highest BCUT2D eigenvalue weighted by Crippen LogP contribution is 2.39. The van der Waals surface area contributed by atoms with Gasteiger partial charge in [0, 0.05) is 39.0 Å². The van der Waals surface area contributed by atoms with Crippen molar-refractivity contribution in [3.63, 3.8) is 0 Å². The maximum absolute atomic E-state index is 13.2. The zero-order chi connectivity index (χ0) is 21.3. The molecule has 0 aromatic carbocycles. The van der Waals surface area contributed by atoms with Crippen molar-refractivity contribution in [1.29, 1.82) is 0 Å². The number of carbonyl (C=O) groups excluding carboxylic acids is 2. The molecule has 2 amide bonds. The van der Waals surface area contributed by atoms with E-state index < -0.39 is 5.91 Å².